The lowest BCUT2D eigenvalue weighted by molar-refractivity contribution is -0.175. The van der Waals surface area contributed by atoms with Crippen molar-refractivity contribution in [1.82, 2.24) is 24.3 Å². The van der Waals surface area contributed by atoms with Gasteiger partial charge in [0.15, 0.2) is 0 Å². The summed E-state index contributed by atoms with van der Waals surface area (Å²) < 4.78 is 37.3. The van der Waals surface area contributed by atoms with E-state index in [1.54, 1.807) is 33.6 Å². The van der Waals surface area contributed by atoms with Gasteiger partial charge in [-0.15, -0.1) is 0 Å². The van der Waals surface area contributed by atoms with Crippen LogP contribution in [0.3, 0.4) is 0 Å². The van der Waals surface area contributed by atoms with Crippen LogP contribution < -0.4 is 11.1 Å². The van der Waals surface area contributed by atoms with Gasteiger partial charge in [-0.1, -0.05) is 23.7 Å². The Bertz CT molecular complexity index is 1730. The van der Waals surface area contributed by atoms with Gasteiger partial charge in [-0.05, 0) is 31.2 Å². The average molecular weight is 724 g/mol. The highest BCUT2D eigenvalue weighted by molar-refractivity contribution is 14.1. The van der Waals surface area contributed by atoms with Crippen molar-refractivity contribution in [3.05, 3.63) is 70.9 Å². The smallest absolute Gasteiger partial charge is 0.321 e. The predicted octanol–water partition coefficient (Wildman–Crippen LogP) is 4.70. The van der Waals surface area contributed by atoms with Gasteiger partial charge in [0.05, 0.1) is 38.0 Å². The fourth-order valence-electron chi connectivity index (χ4n) is 5.10. The number of carbonyl (C=O) groups excluding carboxylic acids is 2. The molecule has 11 nitrogen and oxygen atoms in total. The third kappa shape index (κ3) is 5.63. The first kappa shape index (κ1) is 29.6. The molecule has 1 unspecified atom stereocenters. The molecule has 0 radical (unpaired) electrons. The van der Waals surface area contributed by atoms with Gasteiger partial charge in [0.1, 0.15) is 39.9 Å². The highest BCUT2D eigenvalue weighted by Gasteiger charge is 2.45. The SMILES string of the molecule is CC1(C(=O)N2CCOC(c3nc(-c4ccc(C(=O)Nc5cc(C(F)(F)I)ccn5)cc4)c4c(N)ncc(Cl)n34)C2)COC1. The van der Waals surface area contributed by atoms with Gasteiger partial charge in [-0.25, -0.2) is 15.0 Å². The highest BCUT2D eigenvalue weighted by atomic mass is 127. The summed E-state index contributed by atoms with van der Waals surface area (Å²) in [5.41, 5.74) is 7.26. The molecule has 224 valence electrons. The number of ether oxygens (including phenoxy) is 2. The molecule has 0 aliphatic carbocycles. The lowest BCUT2D eigenvalue weighted by Crippen LogP contribution is -2.56. The number of halogens is 4. The van der Waals surface area contributed by atoms with E-state index in [0.717, 1.165) is 28.7 Å². The van der Waals surface area contributed by atoms with Crippen molar-refractivity contribution >= 4 is 63.2 Å². The molecule has 2 amide bonds. The Balaban J connectivity index is 1.29. The third-order valence-electron chi connectivity index (χ3n) is 7.42. The number of aromatic nitrogens is 4. The van der Waals surface area contributed by atoms with Gasteiger partial charge >= 0.3 is 3.93 Å². The van der Waals surface area contributed by atoms with Crippen LogP contribution in [0.25, 0.3) is 16.8 Å². The minimum Gasteiger partial charge on any atom is -0.382 e. The van der Waals surface area contributed by atoms with Crippen LogP contribution in [0.15, 0.2) is 48.8 Å². The standard InChI is InChI=1S/C28H25ClF2IN7O4/c1-27(13-42-14-27)26(41)38-8-9-43-18(12-38)24-37-21(22-23(33)35-11-19(29)39(22)24)15-2-4-16(5-3-15)25(40)36-20-10-17(6-7-34-20)28(30,31)32/h2-7,10-11,18H,8-9,12-14H2,1H3,(H2,33,35)(H,34,36,40). The third-order valence-corrected chi connectivity index (χ3v) is 8.31. The van der Waals surface area contributed by atoms with Crippen LogP contribution in [0, 0.1) is 5.41 Å². The summed E-state index contributed by atoms with van der Waals surface area (Å²) in [6.07, 6.45) is 2.03. The quantitative estimate of drug-likeness (QED) is 0.216. The Kier molecular flexibility index (Phi) is 7.73. The number of pyridine rings is 1. The first-order valence-corrected chi connectivity index (χ1v) is 14.7. The van der Waals surface area contributed by atoms with E-state index in [4.69, 9.17) is 31.8 Å². The molecule has 3 N–H and O–H groups in total. The van der Waals surface area contributed by atoms with Crippen molar-refractivity contribution in [1.29, 1.82) is 0 Å². The summed E-state index contributed by atoms with van der Waals surface area (Å²) in [6.45, 7) is 3.67. The van der Waals surface area contributed by atoms with Crippen LogP contribution >= 0.6 is 34.2 Å². The number of morpholine rings is 1. The lowest BCUT2D eigenvalue weighted by atomic mass is 9.86. The Labute approximate surface area is 262 Å². The number of carbonyl (C=O) groups is 2. The van der Waals surface area contributed by atoms with Crippen molar-refractivity contribution in [2.45, 2.75) is 17.0 Å². The normalized spacial score (nSPS) is 18.3. The first-order chi connectivity index (χ1) is 20.4. The second-order valence-electron chi connectivity index (χ2n) is 10.6. The summed E-state index contributed by atoms with van der Waals surface area (Å²) in [5.74, 6) is 0.106. The molecule has 1 aromatic carbocycles. The van der Waals surface area contributed by atoms with Crippen molar-refractivity contribution < 1.29 is 27.8 Å². The molecule has 2 aliphatic heterocycles. The highest BCUT2D eigenvalue weighted by Crippen LogP contribution is 2.37. The van der Waals surface area contributed by atoms with E-state index in [1.807, 2.05) is 6.92 Å². The van der Waals surface area contributed by atoms with Gasteiger partial charge in [0.25, 0.3) is 5.91 Å². The molecule has 0 bridgehead atoms. The van der Waals surface area contributed by atoms with Gasteiger partial charge < -0.3 is 25.4 Å². The summed E-state index contributed by atoms with van der Waals surface area (Å²) in [6, 6.07) is 8.81. The number of imidazole rings is 1. The van der Waals surface area contributed by atoms with E-state index < -0.39 is 21.4 Å². The van der Waals surface area contributed by atoms with Gasteiger partial charge in [-0.3, -0.25) is 14.0 Å². The molecule has 3 aromatic heterocycles. The minimum absolute atomic E-state index is 0.0000186. The zero-order valence-electron chi connectivity index (χ0n) is 22.7. The molecule has 1 atom stereocenters. The number of alkyl halides is 3. The summed E-state index contributed by atoms with van der Waals surface area (Å²) >= 11 is 7.60. The molecule has 2 saturated heterocycles. The Hall–Kier alpha value is -3.47. The first-order valence-electron chi connectivity index (χ1n) is 13.2. The number of hydrogen-bond acceptors (Lipinski definition) is 8. The average Bonchev–Trinajstić information content (AvgIpc) is 3.39. The zero-order chi connectivity index (χ0) is 30.5. The van der Waals surface area contributed by atoms with Crippen LogP contribution in [0.2, 0.25) is 5.15 Å². The van der Waals surface area contributed by atoms with Crippen LogP contribution in [0.1, 0.15) is 34.8 Å². The van der Waals surface area contributed by atoms with E-state index in [1.165, 1.54) is 18.5 Å². The molecule has 15 heteroatoms. The second-order valence-corrected chi connectivity index (χ2v) is 12.3. The maximum atomic E-state index is 13.7. The van der Waals surface area contributed by atoms with Crippen molar-refractivity contribution in [2.75, 3.05) is 44.0 Å². The summed E-state index contributed by atoms with van der Waals surface area (Å²) in [5, 5.41) is 2.80. The van der Waals surface area contributed by atoms with Crippen LogP contribution in [0.4, 0.5) is 20.4 Å². The van der Waals surface area contributed by atoms with Crippen LogP contribution in [0.5, 0.6) is 0 Å². The molecule has 43 heavy (non-hydrogen) atoms. The Morgan fingerprint density at radius 2 is 1.95 bits per heavy atom. The van der Waals surface area contributed by atoms with Crippen molar-refractivity contribution in [3.8, 4) is 11.3 Å². The number of anilines is 2. The topological polar surface area (TPSA) is 137 Å². The molecule has 0 spiro atoms. The summed E-state index contributed by atoms with van der Waals surface area (Å²) in [4.78, 5) is 40.8. The second kappa shape index (κ2) is 11.2. The molecule has 5 heterocycles. The molecule has 4 aromatic rings. The molecular weight excluding hydrogens is 699 g/mol. The maximum Gasteiger partial charge on any atom is 0.321 e. The van der Waals surface area contributed by atoms with E-state index in [0.29, 0.717) is 49.0 Å². The Morgan fingerprint density at radius 1 is 1.21 bits per heavy atom. The van der Waals surface area contributed by atoms with E-state index in [-0.39, 0.29) is 40.4 Å². The Morgan fingerprint density at radius 3 is 2.63 bits per heavy atom. The predicted molar refractivity (Wildman–Crippen MR) is 162 cm³/mol. The monoisotopic (exact) mass is 723 g/mol. The number of nitrogens with one attached hydrogen (secondary N) is 1. The molecule has 0 saturated carbocycles. The maximum absolute atomic E-state index is 13.7. The van der Waals surface area contributed by atoms with Crippen molar-refractivity contribution in [3.63, 3.8) is 0 Å². The largest absolute Gasteiger partial charge is 0.382 e. The van der Waals surface area contributed by atoms with E-state index in [9.17, 15) is 18.4 Å². The van der Waals surface area contributed by atoms with Crippen LogP contribution in [-0.2, 0) is 18.2 Å². The fraction of sp³-hybridized carbons (Fsp3) is 0.321. The molecule has 2 fully saturated rings. The number of nitrogen functional groups attached to an aromatic ring is 1. The lowest BCUT2D eigenvalue weighted by Gasteiger charge is -2.42. The number of nitrogens with two attached hydrogens (primary N) is 1. The van der Waals surface area contributed by atoms with Gasteiger partial charge in [0, 0.05) is 52.0 Å². The molecule has 6 rings (SSSR count). The fourth-order valence-corrected chi connectivity index (χ4v) is 5.65. The number of fused-ring (bicyclic) bond motifs is 1. The number of hydrogen-bond donors (Lipinski definition) is 2. The van der Waals surface area contributed by atoms with E-state index in [2.05, 4.69) is 15.3 Å². The zero-order valence-corrected chi connectivity index (χ0v) is 25.6. The van der Waals surface area contributed by atoms with Gasteiger partial charge in [0.2, 0.25) is 5.91 Å². The number of rotatable bonds is 6. The number of benzene rings is 1. The number of amides is 2. The molecular formula is C28H25ClF2IN7O4. The molecule has 2 aliphatic rings. The van der Waals surface area contributed by atoms with Crippen LogP contribution in [-0.4, -0.2) is 69.0 Å². The number of nitrogens with zero attached hydrogens (tertiary/aromatic N) is 5. The van der Waals surface area contributed by atoms with Crippen molar-refractivity contribution in [2.24, 2.45) is 5.41 Å². The minimum atomic E-state index is -3.10. The summed E-state index contributed by atoms with van der Waals surface area (Å²) in [7, 11) is 0. The van der Waals surface area contributed by atoms with E-state index >= 15 is 0 Å². The van der Waals surface area contributed by atoms with Gasteiger partial charge in [-0.2, -0.15) is 8.78 Å².